The Balaban J connectivity index is 0.000000404. The number of nitrogens with two attached hydrogens (primary N) is 1. The zero-order valence-corrected chi connectivity index (χ0v) is 24.3. The number of hydrogen-bond donors (Lipinski definition) is 2. The van der Waals surface area contributed by atoms with E-state index >= 15 is 0 Å². The van der Waals surface area contributed by atoms with E-state index in [0.29, 0.717) is 19.0 Å². The minimum absolute atomic E-state index is 0.0698. The predicted octanol–water partition coefficient (Wildman–Crippen LogP) is 5.04. The van der Waals surface area contributed by atoms with Crippen molar-refractivity contribution in [1.29, 1.82) is 0 Å². The van der Waals surface area contributed by atoms with E-state index in [1.807, 2.05) is 61.2 Å². The van der Waals surface area contributed by atoms with E-state index in [-0.39, 0.29) is 11.9 Å². The molecule has 4 heterocycles. The Hall–Kier alpha value is -3.82. The zero-order valence-electron chi connectivity index (χ0n) is 23.5. The van der Waals surface area contributed by atoms with Crippen LogP contribution in [0.5, 0.6) is 0 Å². The maximum absolute atomic E-state index is 13.1. The maximum atomic E-state index is 13.1. The van der Waals surface area contributed by atoms with Gasteiger partial charge in [0, 0.05) is 36.6 Å². The molecule has 0 radical (unpaired) electrons. The van der Waals surface area contributed by atoms with Gasteiger partial charge in [-0.1, -0.05) is 63.2 Å². The number of rotatable bonds is 5. The third kappa shape index (κ3) is 6.84. The Morgan fingerprint density at radius 3 is 2.23 bits per heavy atom. The molecule has 4 aromatic rings. The number of carbonyl (C=O) groups excluding carboxylic acids is 2. The lowest BCUT2D eigenvalue weighted by atomic mass is 10.0. The summed E-state index contributed by atoms with van der Waals surface area (Å²) in [4.78, 5) is 38.1. The standard InChI is InChI=1S/C25H25N5OS.C4H7NO.C2H6/c1-2-20-16-21-22(27-25(26)28-23(21)32-20)29-12-14-30(15-13-29)24(31)19-10-8-18(9-11-19)17-6-4-3-5-7-17;6-3-4-1-2-5-4;1-2/h3-11,16H,2,12-15H2,1H3,(H2,26,27,28);3-5H,1-2H2;1-2H3. The molecule has 0 bridgehead atoms. The fourth-order valence-electron chi connectivity index (χ4n) is 4.55. The lowest BCUT2D eigenvalue weighted by Crippen LogP contribution is -2.49. The molecule has 2 aliphatic heterocycles. The van der Waals surface area contributed by atoms with E-state index in [4.69, 9.17) is 5.73 Å². The molecule has 1 amide bonds. The number of amides is 1. The number of aromatic nitrogens is 2. The van der Waals surface area contributed by atoms with Crippen molar-refractivity contribution in [2.45, 2.75) is 39.7 Å². The van der Waals surface area contributed by atoms with Gasteiger partial charge in [-0.2, -0.15) is 4.98 Å². The van der Waals surface area contributed by atoms with Gasteiger partial charge in [0.25, 0.3) is 5.91 Å². The topological polar surface area (TPSA) is 104 Å². The number of anilines is 2. The Labute approximate surface area is 240 Å². The molecule has 210 valence electrons. The molecule has 2 fully saturated rings. The van der Waals surface area contributed by atoms with E-state index in [9.17, 15) is 9.59 Å². The van der Waals surface area contributed by atoms with Crippen molar-refractivity contribution in [3.8, 4) is 11.1 Å². The molecule has 9 heteroatoms. The highest BCUT2D eigenvalue weighted by Crippen LogP contribution is 2.32. The minimum Gasteiger partial charge on any atom is -0.368 e. The average molecular weight is 559 g/mol. The van der Waals surface area contributed by atoms with Gasteiger partial charge in [0.05, 0.1) is 11.4 Å². The molecule has 2 aromatic heterocycles. The first-order valence-corrected chi connectivity index (χ1v) is 14.8. The smallest absolute Gasteiger partial charge is 0.253 e. The maximum Gasteiger partial charge on any atom is 0.253 e. The fourth-order valence-corrected chi connectivity index (χ4v) is 5.52. The molecular formula is C31H38N6O2S. The van der Waals surface area contributed by atoms with Crippen LogP contribution in [0.15, 0.2) is 60.7 Å². The van der Waals surface area contributed by atoms with Gasteiger partial charge in [0.15, 0.2) is 0 Å². The van der Waals surface area contributed by atoms with Gasteiger partial charge < -0.3 is 25.6 Å². The summed E-state index contributed by atoms with van der Waals surface area (Å²) >= 11 is 1.67. The van der Waals surface area contributed by atoms with Gasteiger partial charge in [-0.15, -0.1) is 11.3 Å². The second-order valence-corrected chi connectivity index (χ2v) is 10.5. The number of carbonyl (C=O) groups is 2. The molecule has 0 saturated carbocycles. The third-order valence-electron chi connectivity index (χ3n) is 6.92. The normalized spacial score (nSPS) is 16.2. The summed E-state index contributed by atoms with van der Waals surface area (Å²) in [5.41, 5.74) is 8.96. The molecule has 40 heavy (non-hydrogen) atoms. The second-order valence-electron chi connectivity index (χ2n) is 9.40. The van der Waals surface area contributed by atoms with Crippen molar-refractivity contribution >= 4 is 45.5 Å². The Bertz CT molecular complexity index is 1390. The SMILES string of the molecule is CC.CCc1cc2c(N3CCN(C(=O)c4ccc(-c5ccccc5)cc4)CC3)nc(N)nc2s1.O=CC1CCN1. The van der Waals surface area contributed by atoms with Crippen molar-refractivity contribution < 1.29 is 9.59 Å². The monoisotopic (exact) mass is 558 g/mol. The average Bonchev–Trinajstić information content (AvgIpc) is 3.41. The number of aryl methyl sites for hydroxylation is 1. The largest absolute Gasteiger partial charge is 0.368 e. The van der Waals surface area contributed by atoms with Crippen molar-refractivity contribution in [1.82, 2.24) is 20.2 Å². The molecule has 1 unspecified atom stereocenters. The number of benzene rings is 2. The minimum atomic E-state index is 0.0698. The highest BCUT2D eigenvalue weighted by molar-refractivity contribution is 7.18. The van der Waals surface area contributed by atoms with Crippen molar-refractivity contribution in [2.24, 2.45) is 0 Å². The Kier molecular flexibility index (Phi) is 10.2. The number of piperazine rings is 1. The van der Waals surface area contributed by atoms with Crippen LogP contribution in [-0.2, 0) is 11.2 Å². The number of aldehydes is 1. The van der Waals surface area contributed by atoms with Gasteiger partial charge >= 0.3 is 0 Å². The Morgan fingerprint density at radius 2 is 1.68 bits per heavy atom. The van der Waals surface area contributed by atoms with Crippen molar-refractivity contribution in [3.63, 3.8) is 0 Å². The van der Waals surface area contributed by atoms with Gasteiger partial charge in [-0.05, 0) is 48.7 Å². The van der Waals surface area contributed by atoms with Crippen LogP contribution in [0.4, 0.5) is 11.8 Å². The lowest BCUT2D eigenvalue weighted by Gasteiger charge is -2.35. The van der Waals surface area contributed by atoms with Gasteiger partial charge in [0.1, 0.15) is 16.9 Å². The summed E-state index contributed by atoms with van der Waals surface area (Å²) in [5.74, 6) is 1.25. The first-order chi connectivity index (χ1) is 19.6. The van der Waals surface area contributed by atoms with Crippen LogP contribution >= 0.6 is 11.3 Å². The number of hydrogen-bond acceptors (Lipinski definition) is 8. The van der Waals surface area contributed by atoms with E-state index in [0.717, 1.165) is 71.5 Å². The number of thiophene rings is 1. The molecule has 0 aliphatic carbocycles. The van der Waals surface area contributed by atoms with Crippen LogP contribution in [0.2, 0.25) is 0 Å². The molecule has 2 aliphatic rings. The molecule has 6 rings (SSSR count). The van der Waals surface area contributed by atoms with Crippen molar-refractivity contribution in [3.05, 3.63) is 71.1 Å². The highest BCUT2D eigenvalue weighted by atomic mass is 32.1. The molecule has 3 N–H and O–H groups in total. The Morgan fingerprint density at radius 1 is 1.02 bits per heavy atom. The van der Waals surface area contributed by atoms with Crippen LogP contribution < -0.4 is 16.0 Å². The second kappa shape index (κ2) is 14.0. The zero-order chi connectivity index (χ0) is 28.5. The summed E-state index contributed by atoms with van der Waals surface area (Å²) < 4.78 is 0. The quantitative estimate of drug-likeness (QED) is 0.331. The summed E-state index contributed by atoms with van der Waals surface area (Å²) in [6, 6.07) is 20.4. The predicted molar refractivity (Wildman–Crippen MR) is 165 cm³/mol. The molecule has 2 saturated heterocycles. The molecule has 8 nitrogen and oxygen atoms in total. The number of nitrogens with zero attached hydrogens (tertiary/aromatic N) is 4. The summed E-state index contributed by atoms with van der Waals surface area (Å²) in [6.45, 7) is 9.89. The molecule has 2 aromatic carbocycles. The van der Waals surface area contributed by atoms with E-state index in [1.54, 1.807) is 11.3 Å². The van der Waals surface area contributed by atoms with E-state index in [1.165, 1.54) is 4.88 Å². The summed E-state index contributed by atoms with van der Waals surface area (Å²) in [5, 5.41) is 3.98. The van der Waals surface area contributed by atoms with Crippen LogP contribution in [0.3, 0.4) is 0 Å². The van der Waals surface area contributed by atoms with E-state index in [2.05, 4.69) is 45.3 Å². The first kappa shape index (κ1) is 29.2. The lowest BCUT2D eigenvalue weighted by molar-refractivity contribution is -0.110. The van der Waals surface area contributed by atoms with Crippen LogP contribution in [0.25, 0.3) is 21.3 Å². The van der Waals surface area contributed by atoms with Crippen molar-refractivity contribution in [2.75, 3.05) is 43.4 Å². The molecule has 0 spiro atoms. The summed E-state index contributed by atoms with van der Waals surface area (Å²) in [7, 11) is 0. The summed E-state index contributed by atoms with van der Waals surface area (Å²) in [6.07, 6.45) is 2.94. The highest BCUT2D eigenvalue weighted by Gasteiger charge is 2.25. The van der Waals surface area contributed by atoms with Crippen LogP contribution in [0, 0.1) is 0 Å². The van der Waals surface area contributed by atoms with Gasteiger partial charge in [0.2, 0.25) is 5.95 Å². The first-order valence-electron chi connectivity index (χ1n) is 14.0. The number of fused-ring (bicyclic) bond motifs is 1. The fraction of sp³-hybridized carbons (Fsp3) is 0.355. The van der Waals surface area contributed by atoms with E-state index < -0.39 is 0 Å². The molecular weight excluding hydrogens is 520 g/mol. The van der Waals surface area contributed by atoms with Crippen LogP contribution in [-0.4, -0.2) is 65.8 Å². The number of nitrogen functional groups attached to an aromatic ring is 1. The van der Waals surface area contributed by atoms with Gasteiger partial charge in [-0.3, -0.25) is 4.79 Å². The third-order valence-corrected chi connectivity index (χ3v) is 8.09. The number of nitrogens with one attached hydrogen (secondary N) is 1. The molecule has 1 atom stereocenters. The van der Waals surface area contributed by atoms with Gasteiger partial charge in [-0.25, -0.2) is 4.98 Å². The van der Waals surface area contributed by atoms with Crippen LogP contribution in [0.1, 0.15) is 42.4 Å².